The van der Waals surface area contributed by atoms with Gasteiger partial charge < -0.3 is 15.0 Å². The summed E-state index contributed by atoms with van der Waals surface area (Å²) in [6, 6.07) is 11.8. The predicted octanol–water partition coefficient (Wildman–Crippen LogP) is 5.06. The van der Waals surface area contributed by atoms with E-state index in [0.29, 0.717) is 21.7 Å². The van der Waals surface area contributed by atoms with Gasteiger partial charge in [-0.25, -0.2) is 4.79 Å². The van der Waals surface area contributed by atoms with Crippen LogP contribution in [0.3, 0.4) is 0 Å². The first-order valence-corrected chi connectivity index (χ1v) is 9.70. The van der Waals surface area contributed by atoms with E-state index in [9.17, 15) is 9.59 Å². The Hall–Kier alpha value is -2.50. The predicted molar refractivity (Wildman–Crippen MR) is 109 cm³/mol. The Labute approximate surface area is 171 Å². The average molecular weight is 417 g/mol. The van der Waals surface area contributed by atoms with E-state index in [-0.39, 0.29) is 17.5 Å². The molecule has 2 N–H and O–H groups in total. The number of aryl methyl sites for hydroxylation is 1. The zero-order valence-corrected chi connectivity index (χ0v) is 16.6. The molecule has 1 unspecified atom stereocenters. The number of carbonyl (C=O) groups excluding carboxylic acids is 1. The van der Waals surface area contributed by atoms with Gasteiger partial charge in [0.25, 0.3) is 5.91 Å². The molecule has 0 bridgehead atoms. The Morgan fingerprint density at radius 3 is 2.43 bits per heavy atom. The summed E-state index contributed by atoms with van der Waals surface area (Å²) in [6.45, 7) is 0. The minimum absolute atomic E-state index is 0.160. The SMILES string of the molecule is Cn1c(C(=O)NC(c2ccc(C(=O)O)cc2)C2CC2)cc2c(Cl)c(Cl)ccc21. The molecule has 0 saturated heterocycles. The molecule has 1 aliphatic carbocycles. The number of aromatic nitrogens is 1. The standard InChI is InChI=1S/C21H18Cl2N2O3/c1-25-16-9-8-15(22)18(23)14(16)10-17(25)20(26)24-19(11-2-3-11)12-4-6-13(7-5-12)21(27)28/h4-11,19H,2-3H2,1H3,(H,24,26)(H,27,28). The molecule has 0 aliphatic heterocycles. The van der Waals surface area contributed by atoms with Crippen LogP contribution in [0.1, 0.15) is 45.3 Å². The molecule has 1 atom stereocenters. The Balaban J connectivity index is 1.64. The van der Waals surface area contributed by atoms with Crippen molar-refractivity contribution in [3.63, 3.8) is 0 Å². The molecule has 4 rings (SSSR count). The van der Waals surface area contributed by atoms with Crippen molar-refractivity contribution in [3.8, 4) is 0 Å². The van der Waals surface area contributed by atoms with Gasteiger partial charge in [0.05, 0.1) is 21.7 Å². The molecule has 28 heavy (non-hydrogen) atoms. The van der Waals surface area contributed by atoms with E-state index in [0.717, 1.165) is 29.3 Å². The maximum Gasteiger partial charge on any atom is 0.335 e. The first-order valence-electron chi connectivity index (χ1n) is 8.94. The van der Waals surface area contributed by atoms with Crippen LogP contribution in [0, 0.1) is 5.92 Å². The summed E-state index contributed by atoms with van der Waals surface area (Å²) in [7, 11) is 1.81. The molecule has 0 radical (unpaired) electrons. The van der Waals surface area contributed by atoms with Crippen molar-refractivity contribution in [2.45, 2.75) is 18.9 Å². The third kappa shape index (κ3) is 3.36. The molecule has 1 saturated carbocycles. The molecule has 1 aliphatic rings. The minimum Gasteiger partial charge on any atom is -0.478 e. The van der Waals surface area contributed by atoms with E-state index in [4.69, 9.17) is 28.3 Å². The maximum absolute atomic E-state index is 13.0. The largest absolute Gasteiger partial charge is 0.478 e. The van der Waals surface area contributed by atoms with Crippen LogP contribution < -0.4 is 5.32 Å². The van der Waals surface area contributed by atoms with Gasteiger partial charge in [-0.2, -0.15) is 0 Å². The van der Waals surface area contributed by atoms with E-state index in [1.165, 1.54) is 0 Å². The minimum atomic E-state index is -0.968. The molecular formula is C21H18Cl2N2O3. The fraction of sp³-hybridized carbons (Fsp3) is 0.238. The van der Waals surface area contributed by atoms with Crippen molar-refractivity contribution in [3.05, 3.63) is 69.3 Å². The lowest BCUT2D eigenvalue weighted by Crippen LogP contribution is -2.31. The number of hydrogen-bond donors (Lipinski definition) is 2. The first-order chi connectivity index (χ1) is 13.4. The highest BCUT2D eigenvalue weighted by molar-refractivity contribution is 6.45. The fourth-order valence-corrected chi connectivity index (χ4v) is 3.90. The van der Waals surface area contributed by atoms with Gasteiger partial charge in [0.15, 0.2) is 0 Å². The quantitative estimate of drug-likeness (QED) is 0.609. The number of hydrogen-bond acceptors (Lipinski definition) is 2. The summed E-state index contributed by atoms with van der Waals surface area (Å²) in [6.07, 6.45) is 2.06. The first kappa shape index (κ1) is 18.8. The number of halogens is 2. The Bertz CT molecular complexity index is 1090. The normalized spacial score (nSPS) is 14.8. The van der Waals surface area contributed by atoms with Gasteiger partial charge in [0.1, 0.15) is 5.69 Å². The smallest absolute Gasteiger partial charge is 0.335 e. The van der Waals surface area contributed by atoms with Gasteiger partial charge in [0, 0.05) is 18.0 Å². The number of carboxylic acids is 1. The lowest BCUT2D eigenvalue weighted by molar-refractivity contribution is 0.0696. The zero-order valence-electron chi connectivity index (χ0n) is 15.1. The number of benzene rings is 2. The zero-order chi connectivity index (χ0) is 20.0. The molecule has 144 valence electrons. The lowest BCUT2D eigenvalue weighted by Gasteiger charge is -2.19. The summed E-state index contributed by atoms with van der Waals surface area (Å²) in [5.74, 6) is -0.818. The van der Waals surface area contributed by atoms with Crippen molar-refractivity contribution < 1.29 is 14.7 Å². The van der Waals surface area contributed by atoms with Crippen molar-refractivity contribution in [1.29, 1.82) is 0 Å². The summed E-state index contributed by atoms with van der Waals surface area (Å²) in [5, 5.41) is 13.8. The second kappa shape index (κ2) is 7.15. The molecule has 3 aromatic rings. The van der Waals surface area contributed by atoms with Crippen LogP contribution in [0.2, 0.25) is 10.0 Å². The van der Waals surface area contributed by atoms with E-state index in [1.807, 2.05) is 13.1 Å². The van der Waals surface area contributed by atoms with E-state index < -0.39 is 5.97 Å². The van der Waals surface area contributed by atoms with Crippen molar-refractivity contribution in [2.24, 2.45) is 13.0 Å². The van der Waals surface area contributed by atoms with Gasteiger partial charge in [-0.05, 0) is 54.7 Å². The number of amides is 1. The van der Waals surface area contributed by atoms with Gasteiger partial charge in [-0.15, -0.1) is 0 Å². The highest BCUT2D eigenvalue weighted by atomic mass is 35.5. The number of rotatable bonds is 5. The van der Waals surface area contributed by atoms with Gasteiger partial charge in [0.2, 0.25) is 0 Å². The lowest BCUT2D eigenvalue weighted by atomic mass is 10.0. The van der Waals surface area contributed by atoms with Gasteiger partial charge in [-0.3, -0.25) is 4.79 Å². The number of carboxylic acid groups (broad SMARTS) is 1. The molecule has 0 spiro atoms. The van der Waals surface area contributed by atoms with Crippen molar-refractivity contribution in [1.82, 2.24) is 9.88 Å². The van der Waals surface area contributed by atoms with Crippen LogP contribution >= 0.6 is 23.2 Å². The maximum atomic E-state index is 13.0. The fourth-order valence-electron chi connectivity index (χ4n) is 3.52. The van der Waals surface area contributed by atoms with E-state index in [2.05, 4.69) is 5.32 Å². The average Bonchev–Trinajstić information content (AvgIpc) is 3.46. The Morgan fingerprint density at radius 2 is 1.82 bits per heavy atom. The van der Waals surface area contributed by atoms with Crippen LogP contribution in [0.4, 0.5) is 0 Å². The molecule has 1 heterocycles. The summed E-state index contributed by atoms with van der Waals surface area (Å²) < 4.78 is 1.80. The van der Waals surface area contributed by atoms with Crippen LogP contribution in [0.15, 0.2) is 42.5 Å². The van der Waals surface area contributed by atoms with Crippen LogP contribution in [0.5, 0.6) is 0 Å². The highest BCUT2D eigenvalue weighted by Gasteiger charge is 2.34. The van der Waals surface area contributed by atoms with E-state index in [1.54, 1.807) is 41.0 Å². The summed E-state index contributed by atoms with van der Waals surface area (Å²) in [5.41, 5.74) is 2.45. The second-order valence-corrected chi connectivity index (χ2v) is 7.88. The molecule has 1 fully saturated rings. The number of aromatic carboxylic acids is 1. The third-order valence-electron chi connectivity index (χ3n) is 5.24. The second-order valence-electron chi connectivity index (χ2n) is 7.10. The monoisotopic (exact) mass is 416 g/mol. The molecule has 1 aromatic heterocycles. The topological polar surface area (TPSA) is 71.3 Å². The molecular weight excluding hydrogens is 399 g/mol. The van der Waals surface area contributed by atoms with Crippen molar-refractivity contribution >= 4 is 46.0 Å². The van der Waals surface area contributed by atoms with Crippen LogP contribution in [0.25, 0.3) is 10.9 Å². The molecule has 7 heteroatoms. The summed E-state index contributed by atoms with van der Waals surface area (Å²) >= 11 is 12.4. The van der Waals surface area contributed by atoms with Crippen LogP contribution in [-0.4, -0.2) is 21.6 Å². The molecule has 2 aromatic carbocycles. The van der Waals surface area contributed by atoms with Gasteiger partial charge in [-0.1, -0.05) is 35.3 Å². The van der Waals surface area contributed by atoms with Gasteiger partial charge >= 0.3 is 5.97 Å². The van der Waals surface area contributed by atoms with Crippen LogP contribution in [-0.2, 0) is 7.05 Å². The van der Waals surface area contributed by atoms with Crippen molar-refractivity contribution in [2.75, 3.05) is 0 Å². The number of fused-ring (bicyclic) bond motifs is 1. The molecule has 5 nitrogen and oxygen atoms in total. The van der Waals surface area contributed by atoms with E-state index >= 15 is 0 Å². The highest BCUT2D eigenvalue weighted by Crippen LogP contribution is 2.41. The number of nitrogens with one attached hydrogen (secondary N) is 1. The number of nitrogens with zero attached hydrogens (tertiary/aromatic N) is 1. The third-order valence-corrected chi connectivity index (χ3v) is 6.06. The Morgan fingerprint density at radius 1 is 1.14 bits per heavy atom. The summed E-state index contributed by atoms with van der Waals surface area (Å²) in [4.78, 5) is 24.1. The Kier molecular flexibility index (Phi) is 4.81. The number of carbonyl (C=O) groups is 2. The molecule has 1 amide bonds.